The highest BCUT2D eigenvalue weighted by Gasteiger charge is 2.06. The van der Waals surface area contributed by atoms with Gasteiger partial charge in [-0.15, -0.1) is 0 Å². The fraction of sp³-hybridized carbons (Fsp3) is 0.0769. The number of nitro benzene ring substituents is 1. The van der Waals surface area contributed by atoms with Gasteiger partial charge in [-0.25, -0.2) is 8.78 Å². The van der Waals surface area contributed by atoms with Gasteiger partial charge in [0.1, 0.15) is 0 Å². The smallest absolute Gasteiger partial charge is 0.271 e. The van der Waals surface area contributed by atoms with Crippen molar-refractivity contribution in [2.45, 2.75) is 6.54 Å². The van der Waals surface area contributed by atoms with Gasteiger partial charge >= 0.3 is 0 Å². The second-order valence-electron chi connectivity index (χ2n) is 3.91. The quantitative estimate of drug-likeness (QED) is 0.679. The molecule has 2 rings (SSSR count). The van der Waals surface area contributed by atoms with Crippen molar-refractivity contribution >= 4 is 11.4 Å². The molecule has 0 radical (unpaired) electrons. The second-order valence-corrected chi connectivity index (χ2v) is 3.91. The van der Waals surface area contributed by atoms with Crippen LogP contribution in [0.15, 0.2) is 42.5 Å². The van der Waals surface area contributed by atoms with E-state index < -0.39 is 16.6 Å². The highest BCUT2D eigenvalue weighted by molar-refractivity contribution is 5.51. The van der Waals surface area contributed by atoms with Crippen LogP contribution in [0.25, 0.3) is 0 Å². The summed E-state index contributed by atoms with van der Waals surface area (Å²) in [5, 5.41) is 13.5. The predicted octanol–water partition coefficient (Wildman–Crippen LogP) is 3.49. The van der Waals surface area contributed by atoms with Crippen LogP contribution in [-0.2, 0) is 6.54 Å². The fourth-order valence-electron chi connectivity index (χ4n) is 1.58. The van der Waals surface area contributed by atoms with Crippen molar-refractivity contribution in [3.8, 4) is 0 Å². The molecule has 6 heteroatoms. The summed E-state index contributed by atoms with van der Waals surface area (Å²) < 4.78 is 25.7. The van der Waals surface area contributed by atoms with Crippen LogP contribution < -0.4 is 5.32 Å². The maximum absolute atomic E-state index is 13.0. The van der Waals surface area contributed by atoms with E-state index in [4.69, 9.17) is 0 Å². The first kappa shape index (κ1) is 12.9. The number of nitro groups is 1. The number of hydrogen-bond donors (Lipinski definition) is 1. The third kappa shape index (κ3) is 3.25. The van der Waals surface area contributed by atoms with E-state index >= 15 is 0 Å². The molecule has 0 aromatic heterocycles. The van der Waals surface area contributed by atoms with E-state index in [1.165, 1.54) is 18.2 Å². The Morgan fingerprint density at radius 2 is 1.89 bits per heavy atom. The van der Waals surface area contributed by atoms with Crippen LogP contribution >= 0.6 is 0 Å². The molecule has 0 atom stereocenters. The molecule has 19 heavy (non-hydrogen) atoms. The molecule has 0 bridgehead atoms. The summed E-state index contributed by atoms with van der Waals surface area (Å²) >= 11 is 0. The van der Waals surface area contributed by atoms with E-state index in [1.54, 1.807) is 12.1 Å². The minimum Gasteiger partial charge on any atom is -0.381 e. The standard InChI is InChI=1S/C13H10F2N2O2/c14-12-5-4-9(6-13(12)15)8-16-10-2-1-3-11(7-10)17(18)19/h1-7,16H,8H2. The lowest BCUT2D eigenvalue weighted by Crippen LogP contribution is -2.01. The first-order chi connectivity index (χ1) is 9.06. The Kier molecular flexibility index (Phi) is 3.70. The number of anilines is 1. The Morgan fingerprint density at radius 1 is 1.11 bits per heavy atom. The van der Waals surface area contributed by atoms with Crippen LogP contribution in [-0.4, -0.2) is 4.92 Å². The van der Waals surface area contributed by atoms with E-state index in [-0.39, 0.29) is 12.2 Å². The molecule has 98 valence electrons. The Balaban J connectivity index is 2.07. The fourth-order valence-corrected chi connectivity index (χ4v) is 1.58. The van der Waals surface area contributed by atoms with E-state index in [1.807, 2.05) is 0 Å². The Bertz CT molecular complexity index is 617. The summed E-state index contributed by atoms with van der Waals surface area (Å²) in [6.07, 6.45) is 0. The lowest BCUT2D eigenvalue weighted by molar-refractivity contribution is -0.384. The number of nitrogens with one attached hydrogen (secondary N) is 1. The summed E-state index contributed by atoms with van der Waals surface area (Å²) in [5.74, 6) is -1.82. The molecule has 0 heterocycles. The molecular formula is C13H10F2N2O2. The topological polar surface area (TPSA) is 55.2 Å². The molecule has 0 amide bonds. The summed E-state index contributed by atoms with van der Waals surface area (Å²) in [6, 6.07) is 9.53. The first-order valence-electron chi connectivity index (χ1n) is 5.48. The zero-order valence-corrected chi connectivity index (χ0v) is 9.77. The molecule has 0 fully saturated rings. The molecular weight excluding hydrogens is 254 g/mol. The Morgan fingerprint density at radius 3 is 2.58 bits per heavy atom. The molecule has 0 aliphatic carbocycles. The van der Waals surface area contributed by atoms with E-state index in [9.17, 15) is 18.9 Å². The van der Waals surface area contributed by atoms with Crippen molar-refractivity contribution in [3.05, 3.63) is 69.8 Å². The highest BCUT2D eigenvalue weighted by atomic mass is 19.2. The van der Waals surface area contributed by atoms with Crippen LogP contribution in [0.2, 0.25) is 0 Å². The van der Waals surface area contributed by atoms with E-state index in [2.05, 4.69) is 5.32 Å². The number of benzene rings is 2. The number of hydrogen-bond acceptors (Lipinski definition) is 3. The second kappa shape index (κ2) is 5.43. The molecule has 0 saturated carbocycles. The van der Waals surface area contributed by atoms with Crippen molar-refractivity contribution < 1.29 is 13.7 Å². The minimum absolute atomic E-state index is 0.0321. The zero-order chi connectivity index (χ0) is 13.8. The SMILES string of the molecule is O=[N+]([O-])c1cccc(NCc2ccc(F)c(F)c2)c1. The minimum atomic E-state index is -0.918. The van der Waals surface area contributed by atoms with Crippen molar-refractivity contribution in [1.82, 2.24) is 0 Å². The molecule has 4 nitrogen and oxygen atoms in total. The summed E-state index contributed by atoms with van der Waals surface area (Å²) in [5.41, 5.74) is 1.06. The molecule has 2 aromatic rings. The van der Waals surface area contributed by atoms with Gasteiger partial charge in [-0.2, -0.15) is 0 Å². The number of rotatable bonds is 4. The van der Waals surface area contributed by atoms with Gasteiger partial charge in [-0.3, -0.25) is 10.1 Å². The van der Waals surface area contributed by atoms with Crippen molar-refractivity contribution in [2.24, 2.45) is 0 Å². The first-order valence-corrected chi connectivity index (χ1v) is 5.48. The average Bonchev–Trinajstić information content (AvgIpc) is 2.40. The van der Waals surface area contributed by atoms with Gasteiger partial charge < -0.3 is 5.32 Å². The van der Waals surface area contributed by atoms with E-state index in [0.717, 1.165) is 12.1 Å². The van der Waals surface area contributed by atoms with Crippen LogP contribution in [0, 0.1) is 21.7 Å². The molecule has 0 aliphatic heterocycles. The third-order valence-corrected chi connectivity index (χ3v) is 2.54. The lowest BCUT2D eigenvalue weighted by Gasteiger charge is -2.06. The van der Waals surface area contributed by atoms with Crippen LogP contribution in [0.3, 0.4) is 0 Å². The monoisotopic (exact) mass is 264 g/mol. The van der Waals surface area contributed by atoms with Gasteiger partial charge in [-0.1, -0.05) is 12.1 Å². The van der Waals surface area contributed by atoms with Gasteiger partial charge in [0.05, 0.1) is 4.92 Å². The number of non-ortho nitro benzene ring substituents is 1. The lowest BCUT2D eigenvalue weighted by atomic mass is 10.2. The molecule has 2 aromatic carbocycles. The number of halogens is 2. The van der Waals surface area contributed by atoms with Gasteiger partial charge in [-0.05, 0) is 23.8 Å². The highest BCUT2D eigenvalue weighted by Crippen LogP contribution is 2.18. The molecule has 0 saturated heterocycles. The summed E-state index contributed by atoms with van der Waals surface area (Å²) in [6.45, 7) is 0.248. The van der Waals surface area contributed by atoms with Crippen LogP contribution in [0.1, 0.15) is 5.56 Å². The maximum atomic E-state index is 13.0. The zero-order valence-electron chi connectivity index (χ0n) is 9.77. The summed E-state index contributed by atoms with van der Waals surface area (Å²) in [4.78, 5) is 10.1. The van der Waals surface area contributed by atoms with Crippen molar-refractivity contribution in [1.29, 1.82) is 0 Å². The molecule has 0 aliphatic rings. The normalized spacial score (nSPS) is 10.2. The van der Waals surface area contributed by atoms with Gasteiger partial charge in [0.15, 0.2) is 11.6 Å². The van der Waals surface area contributed by atoms with Crippen LogP contribution in [0.4, 0.5) is 20.2 Å². The van der Waals surface area contributed by atoms with Gasteiger partial charge in [0.2, 0.25) is 0 Å². The number of nitrogens with zero attached hydrogens (tertiary/aromatic N) is 1. The third-order valence-electron chi connectivity index (χ3n) is 2.54. The van der Waals surface area contributed by atoms with E-state index in [0.29, 0.717) is 11.3 Å². The van der Waals surface area contributed by atoms with Gasteiger partial charge in [0, 0.05) is 24.4 Å². The molecule has 1 N–H and O–H groups in total. The average molecular weight is 264 g/mol. The van der Waals surface area contributed by atoms with Crippen molar-refractivity contribution in [2.75, 3.05) is 5.32 Å². The van der Waals surface area contributed by atoms with Crippen molar-refractivity contribution in [3.63, 3.8) is 0 Å². The Hall–Kier alpha value is -2.50. The largest absolute Gasteiger partial charge is 0.381 e. The maximum Gasteiger partial charge on any atom is 0.271 e. The summed E-state index contributed by atoms with van der Waals surface area (Å²) in [7, 11) is 0. The molecule has 0 unspecified atom stereocenters. The molecule has 0 spiro atoms. The predicted molar refractivity (Wildman–Crippen MR) is 66.8 cm³/mol. The van der Waals surface area contributed by atoms with Crippen LogP contribution in [0.5, 0.6) is 0 Å². The Labute approximate surface area is 107 Å². The van der Waals surface area contributed by atoms with Gasteiger partial charge in [0.25, 0.3) is 5.69 Å².